The number of allylic oxidation sites excluding steroid dienone is 3. The minimum Gasteiger partial charge on any atom is -0.341 e. The predicted octanol–water partition coefficient (Wildman–Crippen LogP) is 4.23. The lowest BCUT2D eigenvalue weighted by atomic mass is 9.92. The first-order chi connectivity index (χ1) is 9.70. The van der Waals surface area contributed by atoms with Gasteiger partial charge in [-0.3, -0.25) is 0 Å². The molecule has 1 aliphatic rings. The Morgan fingerprint density at radius 3 is 3.10 bits per heavy atom. The van der Waals surface area contributed by atoms with E-state index < -0.39 is 0 Å². The molecule has 2 heterocycles. The highest BCUT2D eigenvalue weighted by Crippen LogP contribution is 2.26. The number of rotatable bonds is 5. The van der Waals surface area contributed by atoms with E-state index in [9.17, 15) is 0 Å². The minimum atomic E-state index is 0.378. The molecule has 1 aromatic rings. The van der Waals surface area contributed by atoms with Crippen molar-refractivity contribution in [2.75, 3.05) is 6.54 Å². The van der Waals surface area contributed by atoms with E-state index in [0.717, 1.165) is 18.1 Å². The molecular weight excluding hydrogens is 246 g/mol. The number of H-pyrrole nitrogens is 1. The first-order valence-corrected chi connectivity index (χ1v) is 7.82. The van der Waals surface area contributed by atoms with E-state index in [-0.39, 0.29) is 0 Å². The molecule has 0 aliphatic carbocycles. The van der Waals surface area contributed by atoms with Crippen LogP contribution in [-0.2, 0) is 0 Å². The number of aromatic amines is 1. The minimum absolute atomic E-state index is 0.378. The van der Waals surface area contributed by atoms with E-state index in [1.807, 2.05) is 6.20 Å². The summed E-state index contributed by atoms with van der Waals surface area (Å²) < 4.78 is 0. The van der Waals surface area contributed by atoms with Crippen molar-refractivity contribution in [3.63, 3.8) is 0 Å². The SMILES string of the molecule is CCCC(C)=CC=Cc1cnc(C2NCCCC2C)[nH]1. The summed E-state index contributed by atoms with van der Waals surface area (Å²) in [5, 5.41) is 3.56. The van der Waals surface area contributed by atoms with Crippen LogP contribution in [0, 0.1) is 5.92 Å². The average Bonchev–Trinajstić information content (AvgIpc) is 2.88. The van der Waals surface area contributed by atoms with Crippen molar-refractivity contribution in [3.05, 3.63) is 35.4 Å². The molecule has 2 unspecified atom stereocenters. The third-order valence-corrected chi connectivity index (χ3v) is 3.98. The molecule has 0 bridgehead atoms. The van der Waals surface area contributed by atoms with Gasteiger partial charge in [0.05, 0.1) is 17.9 Å². The van der Waals surface area contributed by atoms with Crippen LogP contribution in [0.4, 0.5) is 0 Å². The lowest BCUT2D eigenvalue weighted by molar-refractivity contribution is 0.296. The summed E-state index contributed by atoms with van der Waals surface area (Å²) in [7, 11) is 0. The molecular formula is C17H27N3. The van der Waals surface area contributed by atoms with Gasteiger partial charge in [-0.2, -0.15) is 0 Å². The quantitative estimate of drug-likeness (QED) is 0.788. The summed E-state index contributed by atoms with van der Waals surface area (Å²) in [5.74, 6) is 1.73. The van der Waals surface area contributed by atoms with Crippen LogP contribution in [-0.4, -0.2) is 16.5 Å². The largest absolute Gasteiger partial charge is 0.341 e. The van der Waals surface area contributed by atoms with Gasteiger partial charge in [-0.15, -0.1) is 0 Å². The summed E-state index contributed by atoms with van der Waals surface area (Å²) in [5.41, 5.74) is 2.51. The maximum atomic E-state index is 4.53. The molecule has 2 rings (SSSR count). The molecule has 3 heteroatoms. The molecule has 1 saturated heterocycles. The van der Waals surface area contributed by atoms with Gasteiger partial charge in [0, 0.05) is 0 Å². The number of imidazole rings is 1. The smallest absolute Gasteiger partial charge is 0.123 e. The van der Waals surface area contributed by atoms with Crippen LogP contribution in [0.25, 0.3) is 6.08 Å². The molecule has 2 N–H and O–H groups in total. The number of nitrogens with zero attached hydrogens (tertiary/aromatic N) is 1. The van der Waals surface area contributed by atoms with Gasteiger partial charge < -0.3 is 10.3 Å². The summed E-state index contributed by atoms with van der Waals surface area (Å²) in [4.78, 5) is 7.96. The van der Waals surface area contributed by atoms with E-state index in [4.69, 9.17) is 0 Å². The van der Waals surface area contributed by atoms with Crippen LogP contribution >= 0.6 is 0 Å². The van der Waals surface area contributed by atoms with Gasteiger partial charge in [0.15, 0.2) is 0 Å². The average molecular weight is 273 g/mol. The molecule has 0 radical (unpaired) electrons. The molecule has 1 fully saturated rings. The van der Waals surface area contributed by atoms with Gasteiger partial charge in [0.2, 0.25) is 0 Å². The summed E-state index contributed by atoms with van der Waals surface area (Å²) in [6.45, 7) is 7.78. The van der Waals surface area contributed by atoms with E-state index in [1.165, 1.54) is 31.3 Å². The number of hydrogen-bond donors (Lipinski definition) is 2. The second-order valence-corrected chi connectivity index (χ2v) is 5.90. The zero-order valence-electron chi connectivity index (χ0n) is 12.9. The van der Waals surface area contributed by atoms with Crippen molar-refractivity contribution in [3.8, 4) is 0 Å². The Labute approximate surface area is 122 Å². The monoisotopic (exact) mass is 273 g/mol. The van der Waals surface area contributed by atoms with Gasteiger partial charge in [0.1, 0.15) is 5.82 Å². The van der Waals surface area contributed by atoms with Crippen LogP contribution < -0.4 is 5.32 Å². The highest BCUT2D eigenvalue weighted by Gasteiger charge is 2.24. The van der Waals surface area contributed by atoms with E-state index in [0.29, 0.717) is 12.0 Å². The van der Waals surface area contributed by atoms with Crippen molar-refractivity contribution in [2.24, 2.45) is 5.92 Å². The molecule has 0 saturated carbocycles. The number of hydrogen-bond acceptors (Lipinski definition) is 2. The number of nitrogens with one attached hydrogen (secondary N) is 2. The molecule has 110 valence electrons. The second-order valence-electron chi connectivity index (χ2n) is 5.90. The maximum absolute atomic E-state index is 4.53. The van der Waals surface area contributed by atoms with Gasteiger partial charge in [-0.05, 0) is 44.7 Å². The van der Waals surface area contributed by atoms with Gasteiger partial charge in [-0.1, -0.05) is 38.0 Å². The zero-order chi connectivity index (χ0) is 14.4. The Morgan fingerprint density at radius 2 is 2.35 bits per heavy atom. The fraction of sp³-hybridized carbons (Fsp3) is 0.588. The van der Waals surface area contributed by atoms with Crippen LogP contribution in [0.1, 0.15) is 64.0 Å². The van der Waals surface area contributed by atoms with E-state index in [2.05, 4.69) is 54.3 Å². The topological polar surface area (TPSA) is 40.7 Å². The highest BCUT2D eigenvalue weighted by molar-refractivity contribution is 5.46. The van der Waals surface area contributed by atoms with Crippen molar-refractivity contribution >= 4 is 6.08 Å². The van der Waals surface area contributed by atoms with Gasteiger partial charge in [0.25, 0.3) is 0 Å². The van der Waals surface area contributed by atoms with Gasteiger partial charge in [-0.25, -0.2) is 4.98 Å². The Balaban J connectivity index is 1.98. The first kappa shape index (κ1) is 15.0. The fourth-order valence-corrected chi connectivity index (χ4v) is 2.80. The normalized spacial score (nSPS) is 24.4. The third-order valence-electron chi connectivity index (χ3n) is 3.98. The van der Waals surface area contributed by atoms with Crippen molar-refractivity contribution < 1.29 is 0 Å². The second kappa shape index (κ2) is 7.44. The van der Waals surface area contributed by atoms with Crippen LogP contribution in [0.5, 0.6) is 0 Å². The highest BCUT2D eigenvalue weighted by atomic mass is 15.0. The van der Waals surface area contributed by atoms with Gasteiger partial charge >= 0.3 is 0 Å². The molecule has 20 heavy (non-hydrogen) atoms. The van der Waals surface area contributed by atoms with Crippen LogP contribution in [0.2, 0.25) is 0 Å². The molecule has 1 aromatic heterocycles. The molecule has 1 aliphatic heterocycles. The maximum Gasteiger partial charge on any atom is 0.123 e. The molecule has 3 nitrogen and oxygen atoms in total. The Morgan fingerprint density at radius 1 is 1.50 bits per heavy atom. The molecule has 2 atom stereocenters. The van der Waals surface area contributed by atoms with Crippen molar-refractivity contribution in [1.82, 2.24) is 15.3 Å². The first-order valence-electron chi connectivity index (χ1n) is 7.82. The Bertz CT molecular complexity index is 470. The fourth-order valence-electron chi connectivity index (χ4n) is 2.80. The third kappa shape index (κ3) is 4.07. The van der Waals surface area contributed by atoms with E-state index in [1.54, 1.807) is 0 Å². The predicted molar refractivity (Wildman–Crippen MR) is 85.4 cm³/mol. The lowest BCUT2D eigenvalue weighted by Gasteiger charge is -2.28. The summed E-state index contributed by atoms with van der Waals surface area (Å²) in [6, 6.07) is 0.378. The molecule has 0 aromatic carbocycles. The summed E-state index contributed by atoms with van der Waals surface area (Å²) in [6.07, 6.45) is 13.2. The van der Waals surface area contributed by atoms with Crippen molar-refractivity contribution in [1.29, 1.82) is 0 Å². The standard InChI is InChI=1S/C17H27N3/c1-4-7-13(2)8-5-10-15-12-19-17(20-15)16-14(3)9-6-11-18-16/h5,8,10,12,14,16,18H,4,6-7,9,11H2,1-3H3,(H,19,20). The lowest BCUT2D eigenvalue weighted by Crippen LogP contribution is -2.33. The number of piperidine rings is 1. The van der Waals surface area contributed by atoms with E-state index >= 15 is 0 Å². The zero-order valence-corrected chi connectivity index (χ0v) is 12.9. The summed E-state index contributed by atoms with van der Waals surface area (Å²) >= 11 is 0. The van der Waals surface area contributed by atoms with Crippen LogP contribution in [0.15, 0.2) is 23.9 Å². The Kier molecular flexibility index (Phi) is 5.60. The van der Waals surface area contributed by atoms with Crippen LogP contribution in [0.3, 0.4) is 0 Å². The molecule has 0 spiro atoms. The molecule has 0 amide bonds. The Hall–Kier alpha value is -1.35. The number of aromatic nitrogens is 2. The van der Waals surface area contributed by atoms with Crippen molar-refractivity contribution in [2.45, 2.75) is 52.5 Å².